The molecule has 0 bridgehead atoms. The molecule has 3 aromatic carbocycles. The van der Waals surface area contributed by atoms with Crippen molar-refractivity contribution in [3.63, 3.8) is 0 Å². The number of carbonyl (C=O) groups is 1. The van der Waals surface area contributed by atoms with E-state index in [4.69, 9.17) is 31.5 Å². The van der Waals surface area contributed by atoms with Crippen molar-refractivity contribution in [2.75, 3.05) is 12.3 Å². The van der Waals surface area contributed by atoms with Crippen LogP contribution < -0.4 is 25.4 Å². The number of anilines is 1. The minimum atomic E-state index is -0.645. The van der Waals surface area contributed by atoms with Crippen LogP contribution in [-0.4, -0.2) is 44.0 Å². The second kappa shape index (κ2) is 13.8. The third-order valence-corrected chi connectivity index (χ3v) is 6.79. The minimum absolute atomic E-state index is 0.0363. The Hall–Kier alpha value is -4.95. The normalized spacial score (nSPS) is 11.0. The van der Waals surface area contributed by atoms with Gasteiger partial charge in [-0.2, -0.15) is 9.78 Å². The zero-order valence-electron chi connectivity index (χ0n) is 22.6. The molecule has 43 heavy (non-hydrogen) atoms. The van der Waals surface area contributed by atoms with Crippen molar-refractivity contribution in [2.24, 2.45) is 5.10 Å². The topological polar surface area (TPSA) is 165 Å². The van der Waals surface area contributed by atoms with Gasteiger partial charge in [0.1, 0.15) is 24.7 Å². The van der Waals surface area contributed by atoms with Crippen LogP contribution in [0.5, 0.6) is 17.2 Å². The Morgan fingerprint density at radius 1 is 1.09 bits per heavy atom. The highest BCUT2D eigenvalue weighted by Crippen LogP contribution is 2.37. The van der Waals surface area contributed by atoms with E-state index in [-0.39, 0.29) is 36.2 Å². The first-order valence-electron chi connectivity index (χ1n) is 12.8. The second-order valence-corrected chi connectivity index (χ2v) is 9.98. The van der Waals surface area contributed by atoms with Gasteiger partial charge in [-0.05, 0) is 69.1 Å². The number of rotatable bonds is 12. The fraction of sp³-hybridized carbons (Fsp3) is 0.143. The molecule has 13 nitrogen and oxygen atoms in total. The van der Waals surface area contributed by atoms with Crippen molar-refractivity contribution in [2.45, 2.75) is 20.1 Å². The molecule has 0 aliphatic carbocycles. The molecule has 1 amide bonds. The predicted molar refractivity (Wildman–Crippen MR) is 161 cm³/mol. The average Bonchev–Trinajstić information content (AvgIpc) is 3.62. The number of aromatic nitrogens is 5. The Bertz CT molecular complexity index is 1740. The number of hydrogen-bond acceptors (Lipinski definition) is 11. The summed E-state index contributed by atoms with van der Waals surface area (Å²) in [5.41, 5.74) is 9.95. The maximum Gasteiger partial charge on any atom is 0.293 e. The number of benzene rings is 3. The molecule has 0 saturated carbocycles. The SMILES string of the molecule is CCOc1cc(/C=N/NC(=O)c2nnn(-c3nonc3N)c2COc2ccccc2)cc(Br)c1OCc1ccccc1Cl. The van der Waals surface area contributed by atoms with Crippen LogP contribution in [0.4, 0.5) is 5.82 Å². The summed E-state index contributed by atoms with van der Waals surface area (Å²) in [6.07, 6.45) is 1.45. The number of ether oxygens (including phenoxy) is 3. The van der Waals surface area contributed by atoms with Gasteiger partial charge in [0.2, 0.25) is 11.6 Å². The van der Waals surface area contributed by atoms with Gasteiger partial charge in [0, 0.05) is 10.6 Å². The van der Waals surface area contributed by atoms with Gasteiger partial charge >= 0.3 is 0 Å². The average molecular weight is 668 g/mol. The van der Waals surface area contributed by atoms with Crippen LogP contribution in [-0.2, 0) is 13.2 Å². The Labute approximate surface area is 258 Å². The lowest BCUT2D eigenvalue weighted by molar-refractivity contribution is 0.0947. The number of nitrogens with one attached hydrogen (secondary N) is 1. The third-order valence-electron chi connectivity index (χ3n) is 5.83. The van der Waals surface area contributed by atoms with E-state index in [2.05, 4.69) is 51.7 Å². The maximum absolute atomic E-state index is 13.1. The number of nitrogens with two attached hydrogens (primary N) is 1. The van der Waals surface area contributed by atoms with Crippen molar-refractivity contribution < 1.29 is 23.6 Å². The molecule has 0 spiro atoms. The molecule has 0 aliphatic heterocycles. The molecule has 5 aromatic rings. The summed E-state index contributed by atoms with van der Waals surface area (Å²) in [7, 11) is 0. The van der Waals surface area contributed by atoms with Gasteiger partial charge in [-0.25, -0.2) is 10.1 Å². The lowest BCUT2D eigenvalue weighted by atomic mass is 10.2. The van der Waals surface area contributed by atoms with E-state index in [1.54, 1.807) is 30.3 Å². The largest absolute Gasteiger partial charge is 0.490 e. The molecule has 220 valence electrons. The lowest BCUT2D eigenvalue weighted by Crippen LogP contribution is -2.21. The fourth-order valence-electron chi connectivity index (χ4n) is 3.83. The number of hydrazone groups is 1. The van der Waals surface area contributed by atoms with E-state index in [1.165, 1.54) is 10.9 Å². The molecule has 0 unspecified atom stereocenters. The van der Waals surface area contributed by atoms with Crippen molar-refractivity contribution in [1.82, 2.24) is 30.7 Å². The van der Waals surface area contributed by atoms with Gasteiger partial charge in [0.05, 0.1) is 17.3 Å². The Kier molecular flexibility index (Phi) is 9.49. The van der Waals surface area contributed by atoms with Crippen molar-refractivity contribution in [1.29, 1.82) is 0 Å². The molecule has 0 atom stereocenters. The number of nitrogen functional groups attached to an aromatic ring is 1. The number of nitrogens with zero attached hydrogens (tertiary/aromatic N) is 6. The first kappa shape index (κ1) is 29.5. The highest BCUT2D eigenvalue weighted by atomic mass is 79.9. The monoisotopic (exact) mass is 666 g/mol. The Balaban J connectivity index is 1.33. The van der Waals surface area contributed by atoms with E-state index in [9.17, 15) is 4.79 Å². The molecule has 2 heterocycles. The second-order valence-electron chi connectivity index (χ2n) is 8.71. The van der Waals surface area contributed by atoms with E-state index in [0.717, 1.165) is 5.56 Å². The van der Waals surface area contributed by atoms with Gasteiger partial charge in [-0.15, -0.1) is 5.10 Å². The van der Waals surface area contributed by atoms with Crippen molar-refractivity contribution in [3.8, 4) is 23.1 Å². The summed E-state index contributed by atoms with van der Waals surface area (Å²) >= 11 is 9.81. The summed E-state index contributed by atoms with van der Waals surface area (Å²) in [6, 6.07) is 20.0. The summed E-state index contributed by atoms with van der Waals surface area (Å²) in [6.45, 7) is 2.42. The van der Waals surface area contributed by atoms with Crippen molar-refractivity contribution >= 4 is 45.5 Å². The molecule has 0 radical (unpaired) electrons. The zero-order chi connectivity index (χ0) is 30.2. The summed E-state index contributed by atoms with van der Waals surface area (Å²) in [4.78, 5) is 13.1. The minimum Gasteiger partial charge on any atom is -0.490 e. The number of hydrogen-bond donors (Lipinski definition) is 2. The van der Waals surface area contributed by atoms with E-state index < -0.39 is 5.91 Å². The highest BCUT2D eigenvalue weighted by Gasteiger charge is 2.24. The summed E-state index contributed by atoms with van der Waals surface area (Å²) in [5, 5.41) is 20.0. The van der Waals surface area contributed by atoms with Gasteiger partial charge < -0.3 is 19.9 Å². The lowest BCUT2D eigenvalue weighted by Gasteiger charge is -2.15. The number of para-hydroxylation sites is 1. The molecule has 0 aliphatic rings. The molecule has 5 rings (SSSR count). The number of amides is 1. The van der Waals surface area contributed by atoms with Crippen LogP contribution in [0.2, 0.25) is 5.02 Å². The number of halogens is 2. The van der Waals surface area contributed by atoms with Crippen LogP contribution in [0.1, 0.15) is 34.2 Å². The van der Waals surface area contributed by atoms with Crippen LogP contribution >= 0.6 is 27.5 Å². The third kappa shape index (κ3) is 7.10. The summed E-state index contributed by atoms with van der Waals surface area (Å²) in [5.74, 6) is 0.939. The molecule has 3 N–H and O–H groups in total. The smallest absolute Gasteiger partial charge is 0.293 e. The molecule has 0 saturated heterocycles. The molecular weight excluding hydrogens is 644 g/mol. The number of carbonyl (C=O) groups excluding carboxylic acids is 1. The standard InChI is InChI=1S/C28H24BrClN8O5/c1-2-40-23-13-17(12-20(29)25(23)42-15-18-8-6-7-11-21(18)30)14-32-34-28(39)24-22(16-41-19-9-4-3-5-10-19)38(37-33-24)27-26(31)35-43-36-27/h3-14H,2,15-16H2,1H3,(H2,31,35)(H,34,39)/b32-14+. The summed E-state index contributed by atoms with van der Waals surface area (Å²) < 4.78 is 24.2. The molecule has 15 heteroatoms. The van der Waals surface area contributed by atoms with Crippen LogP contribution in [0, 0.1) is 0 Å². The maximum atomic E-state index is 13.1. The van der Waals surface area contributed by atoms with Crippen molar-refractivity contribution in [3.05, 3.63) is 98.7 Å². The predicted octanol–water partition coefficient (Wildman–Crippen LogP) is 4.97. The van der Waals surface area contributed by atoms with E-state index in [1.807, 2.05) is 43.3 Å². The van der Waals surface area contributed by atoms with Crippen LogP contribution in [0.15, 0.2) is 80.9 Å². The molecule has 0 fully saturated rings. The van der Waals surface area contributed by atoms with Gasteiger partial charge in [-0.3, -0.25) is 4.79 Å². The molecule has 2 aromatic heterocycles. The fourth-order valence-corrected chi connectivity index (χ4v) is 4.60. The first-order chi connectivity index (χ1) is 20.9. The van der Waals surface area contributed by atoms with Gasteiger partial charge in [-0.1, -0.05) is 53.2 Å². The van der Waals surface area contributed by atoms with Crippen LogP contribution in [0.25, 0.3) is 5.82 Å². The highest BCUT2D eigenvalue weighted by molar-refractivity contribution is 9.10. The van der Waals surface area contributed by atoms with E-state index in [0.29, 0.717) is 38.9 Å². The van der Waals surface area contributed by atoms with Gasteiger partial charge in [0.15, 0.2) is 17.2 Å². The van der Waals surface area contributed by atoms with Crippen LogP contribution in [0.3, 0.4) is 0 Å². The first-order valence-corrected chi connectivity index (χ1v) is 14.0. The zero-order valence-corrected chi connectivity index (χ0v) is 24.9. The Morgan fingerprint density at radius 3 is 2.63 bits per heavy atom. The van der Waals surface area contributed by atoms with Gasteiger partial charge in [0.25, 0.3) is 5.91 Å². The Morgan fingerprint density at radius 2 is 1.88 bits per heavy atom. The molecular formula is C28H24BrClN8O5. The van der Waals surface area contributed by atoms with E-state index >= 15 is 0 Å². The quantitative estimate of drug-likeness (QED) is 0.137.